The van der Waals surface area contributed by atoms with Gasteiger partial charge in [0.25, 0.3) is 0 Å². The average molecular weight is 289 g/mol. The lowest BCUT2D eigenvalue weighted by Crippen LogP contribution is -2.43. The number of nitrogens with one attached hydrogen (secondary N) is 2. The Labute approximate surface area is 127 Å². The van der Waals surface area contributed by atoms with E-state index in [1.807, 2.05) is 19.2 Å². The molecule has 2 atom stereocenters. The number of aryl methyl sites for hydroxylation is 1. The normalized spacial score (nSPS) is 20.4. The second-order valence-electron chi connectivity index (χ2n) is 5.97. The smallest absolute Gasteiger partial charge is 0.234 e. The van der Waals surface area contributed by atoms with Crippen LogP contribution in [0.5, 0.6) is 0 Å². The molecule has 21 heavy (non-hydrogen) atoms. The zero-order valence-electron chi connectivity index (χ0n) is 13.4. The first-order chi connectivity index (χ1) is 10.1. The minimum absolute atomic E-state index is 0.0593. The number of likely N-dealkylation sites (N-methyl/N-ethyl adjacent to an activating group) is 1. The van der Waals surface area contributed by atoms with E-state index < -0.39 is 0 Å². The van der Waals surface area contributed by atoms with E-state index >= 15 is 0 Å². The van der Waals surface area contributed by atoms with Crippen LogP contribution in [0.15, 0.2) is 24.3 Å². The van der Waals surface area contributed by atoms with Crippen molar-refractivity contribution in [2.75, 3.05) is 26.7 Å². The summed E-state index contributed by atoms with van der Waals surface area (Å²) in [6.07, 6.45) is 2.37. The van der Waals surface area contributed by atoms with Gasteiger partial charge in [-0.05, 0) is 51.4 Å². The van der Waals surface area contributed by atoms with Gasteiger partial charge in [-0.15, -0.1) is 0 Å². The molecule has 2 rings (SSSR count). The monoisotopic (exact) mass is 289 g/mol. The number of carbonyl (C=O) groups is 1. The van der Waals surface area contributed by atoms with Crippen molar-refractivity contribution in [1.29, 1.82) is 0 Å². The fourth-order valence-corrected chi connectivity index (χ4v) is 3.19. The molecular weight excluding hydrogens is 262 g/mol. The maximum atomic E-state index is 12.3. The van der Waals surface area contributed by atoms with E-state index in [2.05, 4.69) is 41.5 Å². The molecule has 1 aliphatic rings. The van der Waals surface area contributed by atoms with E-state index in [4.69, 9.17) is 0 Å². The highest BCUT2D eigenvalue weighted by Crippen LogP contribution is 2.18. The SMILES string of the molecule is CNCC1CCCN1CC(=O)NC(C)c1ccccc1C. The van der Waals surface area contributed by atoms with Crippen LogP contribution in [0.1, 0.15) is 36.9 Å². The van der Waals surface area contributed by atoms with Gasteiger partial charge in [0.15, 0.2) is 0 Å². The molecule has 0 bridgehead atoms. The maximum absolute atomic E-state index is 12.3. The number of amides is 1. The van der Waals surface area contributed by atoms with Crippen molar-refractivity contribution in [2.45, 2.75) is 38.8 Å². The molecule has 1 heterocycles. The Hall–Kier alpha value is -1.39. The summed E-state index contributed by atoms with van der Waals surface area (Å²) in [7, 11) is 1.97. The van der Waals surface area contributed by atoms with Gasteiger partial charge in [-0.2, -0.15) is 0 Å². The van der Waals surface area contributed by atoms with Crippen molar-refractivity contribution in [3.8, 4) is 0 Å². The van der Waals surface area contributed by atoms with Crippen LogP contribution in [0.3, 0.4) is 0 Å². The topological polar surface area (TPSA) is 44.4 Å². The summed E-state index contributed by atoms with van der Waals surface area (Å²) in [6.45, 7) is 6.62. The zero-order valence-corrected chi connectivity index (χ0v) is 13.4. The molecule has 1 fully saturated rings. The lowest BCUT2D eigenvalue weighted by molar-refractivity contribution is -0.123. The second-order valence-corrected chi connectivity index (χ2v) is 5.97. The zero-order chi connectivity index (χ0) is 15.2. The molecule has 0 spiro atoms. The lowest BCUT2D eigenvalue weighted by Gasteiger charge is -2.25. The molecule has 4 heteroatoms. The maximum Gasteiger partial charge on any atom is 0.234 e. The summed E-state index contributed by atoms with van der Waals surface area (Å²) in [5.74, 6) is 0.119. The Balaban J connectivity index is 1.88. The van der Waals surface area contributed by atoms with Crippen molar-refractivity contribution < 1.29 is 4.79 Å². The first-order valence-electron chi connectivity index (χ1n) is 7.85. The summed E-state index contributed by atoms with van der Waals surface area (Å²) in [5.41, 5.74) is 2.42. The van der Waals surface area contributed by atoms with E-state index in [1.54, 1.807) is 0 Å². The van der Waals surface area contributed by atoms with E-state index in [0.29, 0.717) is 12.6 Å². The third-order valence-electron chi connectivity index (χ3n) is 4.32. The third-order valence-corrected chi connectivity index (χ3v) is 4.32. The van der Waals surface area contributed by atoms with Crippen LogP contribution in [-0.4, -0.2) is 43.5 Å². The average Bonchev–Trinajstić information content (AvgIpc) is 2.86. The van der Waals surface area contributed by atoms with Gasteiger partial charge >= 0.3 is 0 Å². The molecule has 1 aromatic carbocycles. The van der Waals surface area contributed by atoms with Crippen molar-refractivity contribution in [3.05, 3.63) is 35.4 Å². The number of benzene rings is 1. The number of rotatable bonds is 6. The van der Waals surface area contributed by atoms with E-state index in [-0.39, 0.29) is 11.9 Å². The van der Waals surface area contributed by atoms with Gasteiger partial charge < -0.3 is 10.6 Å². The van der Waals surface area contributed by atoms with Crippen LogP contribution in [0.2, 0.25) is 0 Å². The standard InChI is InChI=1S/C17H27N3O/c1-13-7-4-5-9-16(13)14(2)19-17(21)12-20-10-6-8-15(20)11-18-3/h4-5,7,9,14-15,18H,6,8,10-12H2,1-3H3,(H,19,21). The van der Waals surface area contributed by atoms with Crippen molar-refractivity contribution in [2.24, 2.45) is 0 Å². The molecule has 116 valence electrons. The molecule has 1 aliphatic heterocycles. The second kappa shape index (κ2) is 7.57. The van der Waals surface area contributed by atoms with Gasteiger partial charge in [0, 0.05) is 12.6 Å². The molecule has 1 amide bonds. The van der Waals surface area contributed by atoms with Crippen molar-refractivity contribution in [1.82, 2.24) is 15.5 Å². The van der Waals surface area contributed by atoms with Crippen LogP contribution < -0.4 is 10.6 Å². The van der Waals surface area contributed by atoms with Gasteiger partial charge in [-0.1, -0.05) is 24.3 Å². The number of hydrogen-bond donors (Lipinski definition) is 2. The van der Waals surface area contributed by atoms with Gasteiger partial charge in [0.1, 0.15) is 0 Å². The molecule has 0 aromatic heterocycles. The largest absolute Gasteiger partial charge is 0.348 e. The summed E-state index contributed by atoms with van der Waals surface area (Å²) in [4.78, 5) is 14.6. The van der Waals surface area contributed by atoms with E-state index in [9.17, 15) is 4.79 Å². The Morgan fingerprint density at radius 1 is 1.43 bits per heavy atom. The van der Waals surface area contributed by atoms with Crippen LogP contribution in [0.25, 0.3) is 0 Å². The molecule has 0 radical (unpaired) electrons. The highest BCUT2D eigenvalue weighted by Gasteiger charge is 2.25. The quantitative estimate of drug-likeness (QED) is 0.840. The fourth-order valence-electron chi connectivity index (χ4n) is 3.19. The fraction of sp³-hybridized carbons (Fsp3) is 0.588. The molecule has 1 saturated heterocycles. The molecule has 2 unspecified atom stereocenters. The number of nitrogens with zero attached hydrogens (tertiary/aromatic N) is 1. The van der Waals surface area contributed by atoms with Gasteiger partial charge in [-0.3, -0.25) is 9.69 Å². The molecule has 2 N–H and O–H groups in total. The Kier molecular flexibility index (Phi) is 5.76. The summed E-state index contributed by atoms with van der Waals surface area (Å²) >= 11 is 0. The summed E-state index contributed by atoms with van der Waals surface area (Å²) in [6, 6.07) is 8.77. The molecular formula is C17H27N3O. The molecule has 1 aromatic rings. The first-order valence-corrected chi connectivity index (χ1v) is 7.85. The first kappa shape index (κ1) is 16.0. The van der Waals surface area contributed by atoms with Crippen LogP contribution in [-0.2, 0) is 4.79 Å². The highest BCUT2D eigenvalue weighted by molar-refractivity contribution is 5.78. The Morgan fingerprint density at radius 2 is 2.19 bits per heavy atom. The van der Waals surface area contributed by atoms with E-state index in [1.165, 1.54) is 24.0 Å². The predicted octanol–water partition coefficient (Wildman–Crippen LogP) is 1.86. The summed E-state index contributed by atoms with van der Waals surface area (Å²) < 4.78 is 0. The van der Waals surface area contributed by atoms with Crippen LogP contribution >= 0.6 is 0 Å². The van der Waals surface area contributed by atoms with Crippen molar-refractivity contribution >= 4 is 5.91 Å². The number of likely N-dealkylation sites (tertiary alicyclic amines) is 1. The van der Waals surface area contributed by atoms with E-state index in [0.717, 1.165) is 13.1 Å². The molecule has 0 aliphatic carbocycles. The number of carbonyl (C=O) groups excluding carboxylic acids is 1. The highest BCUT2D eigenvalue weighted by atomic mass is 16.2. The van der Waals surface area contributed by atoms with Crippen molar-refractivity contribution in [3.63, 3.8) is 0 Å². The predicted molar refractivity (Wildman–Crippen MR) is 86.3 cm³/mol. The molecule has 0 saturated carbocycles. The summed E-state index contributed by atoms with van der Waals surface area (Å²) in [5, 5.41) is 6.34. The third kappa shape index (κ3) is 4.29. The van der Waals surface area contributed by atoms with Gasteiger partial charge in [-0.25, -0.2) is 0 Å². The van der Waals surface area contributed by atoms with Crippen LogP contribution in [0.4, 0.5) is 0 Å². The lowest BCUT2D eigenvalue weighted by atomic mass is 10.0. The Morgan fingerprint density at radius 3 is 2.90 bits per heavy atom. The Bertz CT molecular complexity index is 475. The number of hydrogen-bond acceptors (Lipinski definition) is 3. The van der Waals surface area contributed by atoms with Gasteiger partial charge in [0.2, 0.25) is 5.91 Å². The van der Waals surface area contributed by atoms with Gasteiger partial charge in [0.05, 0.1) is 12.6 Å². The molecule has 4 nitrogen and oxygen atoms in total. The minimum Gasteiger partial charge on any atom is -0.348 e. The minimum atomic E-state index is 0.0593. The van der Waals surface area contributed by atoms with Crippen LogP contribution in [0, 0.1) is 6.92 Å².